The van der Waals surface area contributed by atoms with E-state index in [2.05, 4.69) is 93.6 Å². The van der Waals surface area contributed by atoms with Crippen molar-refractivity contribution in [3.8, 4) is 0 Å². The topological polar surface area (TPSA) is 185 Å². The predicted molar refractivity (Wildman–Crippen MR) is 315 cm³/mol. The van der Waals surface area contributed by atoms with Crippen LogP contribution in [-0.4, -0.2) is 132 Å². The van der Waals surface area contributed by atoms with E-state index in [0.717, 1.165) is 80.4 Å². The summed E-state index contributed by atoms with van der Waals surface area (Å²) >= 11 is 0. The second-order valence-electron chi connectivity index (χ2n) is 21.1. The number of nitrogens with two attached hydrogens (primary N) is 1. The minimum atomic E-state index is -1.58. The van der Waals surface area contributed by atoms with Gasteiger partial charge in [-0.3, -0.25) is 14.7 Å². The van der Waals surface area contributed by atoms with Crippen LogP contribution in [0.5, 0.6) is 0 Å². The Balaban J connectivity index is 0.929. The van der Waals surface area contributed by atoms with Gasteiger partial charge in [0.05, 0.1) is 26.4 Å². The summed E-state index contributed by atoms with van der Waals surface area (Å²) in [4.78, 5) is 7.29. The van der Waals surface area contributed by atoms with Crippen molar-refractivity contribution in [3.05, 3.63) is 185 Å². The monoisotopic (exact) mass is 1060 g/mol. The molecular weight excluding hydrogens is 977 g/mol. The lowest BCUT2D eigenvalue weighted by Crippen LogP contribution is -2.39. The second-order valence-corrected chi connectivity index (χ2v) is 21.1. The number of ether oxygens (including phenoxy) is 3. The molecule has 0 bridgehead atoms. The van der Waals surface area contributed by atoms with Crippen molar-refractivity contribution in [1.82, 2.24) is 14.7 Å². The molecule has 0 atom stereocenters. The van der Waals surface area contributed by atoms with E-state index in [1.807, 2.05) is 54.6 Å². The van der Waals surface area contributed by atoms with Crippen molar-refractivity contribution in [2.24, 2.45) is 17.6 Å². The first kappa shape index (κ1) is 58.9. The zero-order valence-electron chi connectivity index (χ0n) is 45.2. The molecule has 7 aromatic carbocycles. The minimum absolute atomic E-state index is 0.456. The van der Waals surface area contributed by atoms with E-state index in [1.54, 1.807) is 18.2 Å². The molecular formula is C62H79B3N4O9. The van der Waals surface area contributed by atoms with E-state index in [9.17, 15) is 30.1 Å². The molecule has 1 saturated carbocycles. The minimum Gasteiger partial charge on any atom is -0.423 e. The van der Waals surface area contributed by atoms with Crippen molar-refractivity contribution in [2.45, 2.75) is 77.8 Å². The largest absolute Gasteiger partial charge is 0.488 e. The van der Waals surface area contributed by atoms with Gasteiger partial charge in [0.15, 0.2) is 0 Å². The lowest BCUT2D eigenvalue weighted by molar-refractivity contribution is 0.0125. The van der Waals surface area contributed by atoms with Crippen LogP contribution in [0.15, 0.2) is 152 Å². The predicted octanol–water partition coefficient (Wildman–Crippen LogP) is 5.33. The van der Waals surface area contributed by atoms with Crippen LogP contribution in [-0.2, 0) is 53.5 Å². The van der Waals surface area contributed by atoms with E-state index in [1.165, 1.54) is 32.7 Å². The third-order valence-corrected chi connectivity index (χ3v) is 15.3. The van der Waals surface area contributed by atoms with E-state index in [4.69, 9.17) is 19.9 Å². The number of hydrogen-bond acceptors (Lipinski definition) is 13. The highest BCUT2D eigenvalue weighted by Gasteiger charge is 2.27. The number of rotatable bonds is 32. The van der Waals surface area contributed by atoms with E-state index in [-0.39, 0.29) is 0 Å². The fourth-order valence-corrected chi connectivity index (χ4v) is 11.3. The molecule has 0 heterocycles. The summed E-state index contributed by atoms with van der Waals surface area (Å²) in [6.07, 6.45) is 5.99. The maximum absolute atomic E-state index is 10.4. The van der Waals surface area contributed by atoms with Crippen LogP contribution in [0.1, 0.15) is 71.9 Å². The van der Waals surface area contributed by atoms with Gasteiger partial charge in [-0.2, -0.15) is 0 Å². The summed E-state index contributed by atoms with van der Waals surface area (Å²) in [6.45, 7) is 10.2. The molecule has 0 aliphatic heterocycles. The van der Waals surface area contributed by atoms with E-state index in [0.29, 0.717) is 114 Å². The molecule has 1 aliphatic rings. The molecule has 1 aliphatic carbocycles. The highest BCUT2D eigenvalue weighted by atomic mass is 16.5. The van der Waals surface area contributed by atoms with Crippen molar-refractivity contribution in [1.29, 1.82) is 0 Å². The molecule has 8 N–H and O–H groups in total. The van der Waals surface area contributed by atoms with Gasteiger partial charge in [0, 0.05) is 72.1 Å². The third kappa shape index (κ3) is 17.6. The molecule has 0 unspecified atom stereocenters. The molecule has 0 amide bonds. The van der Waals surface area contributed by atoms with Gasteiger partial charge >= 0.3 is 21.4 Å². The SMILES string of the molecule is NCCCOCCOCCOCCCN(Cc1ccccc1B(O)O)CC1CCC(CN(Cc2ccc(CN(Cc3ccccc3B(O)O)Cc3c4ccccc4cc4ccccc34)cc2)Cc2ccccc2B(O)O)CC1. The summed E-state index contributed by atoms with van der Waals surface area (Å²) in [5, 5.41) is 66.8. The van der Waals surface area contributed by atoms with Crippen LogP contribution in [0.2, 0.25) is 0 Å². The second kappa shape index (κ2) is 30.9. The third-order valence-electron chi connectivity index (χ3n) is 15.3. The first-order valence-electron chi connectivity index (χ1n) is 28.0. The standard InChI is InChI=1S/C62H79B3N4O9/c66-31-11-33-76-35-37-78-38-36-77-34-12-32-67(44-54-15-3-8-20-60(54)63(70)71)40-48-23-25-49(26-24-48)41-68(45-55-16-4-9-21-61(55)64(72)73)42-50-27-29-51(30-28-50)43-69(46-56-17-5-10-22-62(56)65(74)75)47-59-57-18-6-1-13-52(57)39-53-14-2-7-19-58(53)59/h1-10,13-22,27-30,39,48-49,70-75H,11-12,23-26,31-38,40-47,66H2. The normalized spacial score (nSPS) is 14.8. The Labute approximate surface area is 462 Å². The van der Waals surface area contributed by atoms with Crippen LogP contribution in [0, 0.1) is 11.8 Å². The molecule has 0 saturated heterocycles. The zero-order chi connectivity index (χ0) is 54.5. The summed E-state index contributed by atoms with van der Waals surface area (Å²) in [5.41, 5.74) is 13.3. The fraction of sp³-hybridized carbons (Fsp3) is 0.387. The Kier molecular flexibility index (Phi) is 23.3. The Morgan fingerprint density at radius 1 is 0.410 bits per heavy atom. The van der Waals surface area contributed by atoms with E-state index < -0.39 is 21.4 Å². The molecule has 1 fully saturated rings. The number of benzene rings is 7. The van der Waals surface area contributed by atoms with Gasteiger partial charge in [0.2, 0.25) is 0 Å². The van der Waals surface area contributed by atoms with Gasteiger partial charge < -0.3 is 50.1 Å². The maximum Gasteiger partial charge on any atom is 0.488 e. The van der Waals surface area contributed by atoms with Crippen LogP contribution >= 0.6 is 0 Å². The summed E-state index contributed by atoms with van der Waals surface area (Å²) in [7, 11) is -4.69. The molecule has 78 heavy (non-hydrogen) atoms. The van der Waals surface area contributed by atoms with Gasteiger partial charge in [-0.25, -0.2) is 0 Å². The van der Waals surface area contributed by atoms with Crippen molar-refractivity contribution < 1.29 is 44.4 Å². The van der Waals surface area contributed by atoms with Crippen LogP contribution < -0.4 is 22.1 Å². The molecule has 7 aromatic rings. The summed E-state index contributed by atoms with van der Waals surface area (Å²) in [5.74, 6) is 0.943. The number of hydrogen-bond donors (Lipinski definition) is 7. The van der Waals surface area contributed by atoms with E-state index >= 15 is 0 Å². The molecule has 0 spiro atoms. The lowest BCUT2D eigenvalue weighted by atomic mass is 9.76. The van der Waals surface area contributed by atoms with Crippen molar-refractivity contribution >= 4 is 59.3 Å². The summed E-state index contributed by atoms with van der Waals surface area (Å²) < 4.78 is 17.1. The first-order valence-corrected chi connectivity index (χ1v) is 28.0. The van der Waals surface area contributed by atoms with Crippen LogP contribution in [0.25, 0.3) is 21.5 Å². The highest BCUT2D eigenvalue weighted by molar-refractivity contribution is 6.60. The molecule has 13 nitrogen and oxygen atoms in total. The maximum atomic E-state index is 10.4. The smallest absolute Gasteiger partial charge is 0.423 e. The van der Waals surface area contributed by atoms with Gasteiger partial charge in [-0.1, -0.05) is 146 Å². The van der Waals surface area contributed by atoms with Crippen molar-refractivity contribution in [3.63, 3.8) is 0 Å². The average Bonchev–Trinajstić information content (AvgIpc) is 3.51. The molecule has 16 heteroatoms. The van der Waals surface area contributed by atoms with Gasteiger partial charge in [0.25, 0.3) is 0 Å². The molecule has 8 rings (SSSR count). The van der Waals surface area contributed by atoms with Crippen LogP contribution in [0.4, 0.5) is 0 Å². The van der Waals surface area contributed by atoms with Crippen LogP contribution in [0.3, 0.4) is 0 Å². The zero-order valence-corrected chi connectivity index (χ0v) is 45.2. The van der Waals surface area contributed by atoms with Gasteiger partial charge in [-0.05, 0) is 134 Å². The Bertz CT molecular complexity index is 2840. The average molecular weight is 1060 g/mol. The number of fused-ring (bicyclic) bond motifs is 2. The van der Waals surface area contributed by atoms with Gasteiger partial charge in [0.1, 0.15) is 0 Å². The fourth-order valence-electron chi connectivity index (χ4n) is 11.3. The lowest BCUT2D eigenvalue weighted by Gasteiger charge is -2.35. The Morgan fingerprint density at radius 2 is 0.795 bits per heavy atom. The molecule has 0 aromatic heterocycles. The van der Waals surface area contributed by atoms with Crippen molar-refractivity contribution in [2.75, 3.05) is 65.8 Å². The molecule has 0 radical (unpaired) electrons. The first-order chi connectivity index (χ1) is 38.1. The Hall–Kier alpha value is -5.27. The summed E-state index contributed by atoms with van der Waals surface area (Å²) in [6, 6.07) is 50.9. The quantitative estimate of drug-likeness (QED) is 0.0163. The highest BCUT2D eigenvalue weighted by Crippen LogP contribution is 2.33. The number of nitrogens with zero attached hydrogens (tertiary/aromatic N) is 3. The molecule has 410 valence electrons. The van der Waals surface area contributed by atoms with Gasteiger partial charge in [-0.15, -0.1) is 0 Å². The Morgan fingerprint density at radius 3 is 1.27 bits per heavy atom.